The SMILES string of the molecule is CCCCCCC=CC1=C(c2cccc(CCCC)c2)[N+](=[N-])C(c2cccc(CCCC)c2)=C1.[CH3-].[CH3-].[Ni+2]. The quantitative estimate of drug-likeness (QED) is 0.0980. The van der Waals surface area contributed by atoms with Crippen LogP contribution in [0.25, 0.3) is 16.9 Å². The van der Waals surface area contributed by atoms with Crippen LogP contribution in [0.15, 0.2) is 72.3 Å². The molecule has 0 aliphatic carbocycles. The number of benzene rings is 2. The molecule has 1 aliphatic heterocycles. The molecule has 0 amide bonds. The molecule has 3 heteroatoms. The van der Waals surface area contributed by atoms with E-state index in [2.05, 4.69) is 87.5 Å². The smallest absolute Gasteiger partial charge is 0.493 e. The minimum Gasteiger partial charge on any atom is -0.493 e. The summed E-state index contributed by atoms with van der Waals surface area (Å²) in [5.74, 6) is 0. The predicted octanol–water partition coefficient (Wildman–Crippen LogP) is 10.6. The maximum atomic E-state index is 11.4. The minimum absolute atomic E-state index is 0. The zero-order valence-electron chi connectivity index (χ0n) is 23.8. The Morgan fingerprint density at radius 3 is 1.89 bits per heavy atom. The Labute approximate surface area is 238 Å². The van der Waals surface area contributed by atoms with Crippen LogP contribution >= 0.6 is 0 Å². The van der Waals surface area contributed by atoms with E-state index >= 15 is 0 Å². The van der Waals surface area contributed by atoms with E-state index < -0.39 is 0 Å². The van der Waals surface area contributed by atoms with Gasteiger partial charge in [-0.05, 0) is 73.9 Å². The summed E-state index contributed by atoms with van der Waals surface area (Å²) in [6, 6.07) is 17.3. The summed E-state index contributed by atoms with van der Waals surface area (Å²) in [6.45, 7) is 6.71. The summed E-state index contributed by atoms with van der Waals surface area (Å²) < 4.78 is 1.41. The van der Waals surface area contributed by atoms with Crippen molar-refractivity contribution in [2.45, 2.75) is 91.4 Å². The van der Waals surface area contributed by atoms with Gasteiger partial charge in [0.05, 0.1) is 5.57 Å². The summed E-state index contributed by atoms with van der Waals surface area (Å²) in [5, 5.41) is 0. The van der Waals surface area contributed by atoms with Crippen LogP contribution in [0.5, 0.6) is 0 Å². The summed E-state index contributed by atoms with van der Waals surface area (Å²) in [4.78, 5) is 0. The molecule has 204 valence electrons. The van der Waals surface area contributed by atoms with Gasteiger partial charge in [-0.25, -0.2) is 4.70 Å². The first kappa shape index (κ1) is 34.8. The number of hydrogen-bond donors (Lipinski definition) is 0. The molecule has 0 bridgehead atoms. The fraction of sp³-hybridized carbons (Fsp3) is 0.412. The van der Waals surface area contributed by atoms with E-state index in [9.17, 15) is 5.53 Å². The van der Waals surface area contributed by atoms with Gasteiger partial charge in [0, 0.05) is 17.2 Å². The molecule has 37 heavy (non-hydrogen) atoms. The van der Waals surface area contributed by atoms with Gasteiger partial charge in [0.2, 0.25) is 11.4 Å². The van der Waals surface area contributed by atoms with Gasteiger partial charge in [-0.1, -0.05) is 89.3 Å². The molecule has 1 heterocycles. The van der Waals surface area contributed by atoms with Crippen molar-refractivity contribution in [3.8, 4) is 0 Å². The Balaban J connectivity index is 0.00000432. The molecule has 0 fully saturated rings. The van der Waals surface area contributed by atoms with Gasteiger partial charge in [-0.15, -0.1) is 0 Å². The average Bonchev–Trinajstić information content (AvgIpc) is 3.19. The molecule has 3 rings (SSSR count). The largest absolute Gasteiger partial charge is 2.00 e. The van der Waals surface area contributed by atoms with E-state index in [1.807, 2.05) is 0 Å². The molecule has 0 atom stereocenters. The fourth-order valence-corrected chi connectivity index (χ4v) is 4.56. The molecule has 2 nitrogen and oxygen atoms in total. The molecule has 2 aromatic carbocycles. The molecule has 0 N–H and O–H groups in total. The molecule has 0 unspecified atom stereocenters. The van der Waals surface area contributed by atoms with Crippen LogP contribution in [0.1, 0.15) is 101 Å². The van der Waals surface area contributed by atoms with E-state index in [1.54, 1.807) is 0 Å². The summed E-state index contributed by atoms with van der Waals surface area (Å²) in [7, 11) is 0. The van der Waals surface area contributed by atoms with E-state index in [4.69, 9.17) is 0 Å². The van der Waals surface area contributed by atoms with E-state index in [1.165, 1.54) is 67.2 Å². The molecule has 0 radical (unpaired) electrons. The van der Waals surface area contributed by atoms with Crippen molar-refractivity contribution >= 4 is 11.4 Å². The van der Waals surface area contributed by atoms with Gasteiger partial charge < -0.3 is 20.4 Å². The summed E-state index contributed by atoms with van der Waals surface area (Å²) in [5.41, 5.74) is 19.0. The Morgan fingerprint density at radius 2 is 1.30 bits per heavy atom. The molecule has 0 aromatic heterocycles. The molecule has 0 spiro atoms. The van der Waals surface area contributed by atoms with Gasteiger partial charge in [0.25, 0.3) is 0 Å². The van der Waals surface area contributed by atoms with Crippen molar-refractivity contribution in [2.75, 3.05) is 0 Å². The van der Waals surface area contributed by atoms with Crippen LogP contribution in [0, 0.1) is 14.9 Å². The average molecular weight is 543 g/mol. The number of aryl methyl sites for hydroxylation is 2. The Kier molecular flexibility index (Phi) is 17.8. The molecule has 0 saturated carbocycles. The monoisotopic (exact) mass is 542 g/mol. The van der Waals surface area contributed by atoms with E-state index in [0.29, 0.717) is 0 Å². The van der Waals surface area contributed by atoms with Crippen molar-refractivity contribution in [3.63, 3.8) is 0 Å². The Hall–Kier alpha value is -2.25. The summed E-state index contributed by atoms with van der Waals surface area (Å²) in [6.07, 6.45) is 19.7. The molecule has 2 aromatic rings. The zero-order valence-corrected chi connectivity index (χ0v) is 24.8. The van der Waals surface area contributed by atoms with Gasteiger partial charge in [0.15, 0.2) is 0 Å². The van der Waals surface area contributed by atoms with Crippen LogP contribution in [-0.4, -0.2) is 4.70 Å². The van der Waals surface area contributed by atoms with Gasteiger partial charge in [-0.3, -0.25) is 0 Å². The second-order valence-electron chi connectivity index (χ2n) is 9.50. The standard InChI is InChI=1S/C32H42N2.2CH3.Ni/c1-4-7-10-11-12-13-20-30-25-31(28-21-14-18-26(23-28)16-8-5-2)34(33)32(30)29-22-15-19-27(24-29)17-9-6-3;;;/h13-15,18-25H,4-12,16-17H2,1-3H3;2*1H3;/q;2*-1;+2. The van der Waals surface area contributed by atoms with Crippen molar-refractivity contribution in [2.24, 2.45) is 0 Å². The number of allylic oxidation sites excluding steroid dienone is 4. The third kappa shape index (κ3) is 10.2. The van der Waals surface area contributed by atoms with Crippen LogP contribution < -0.4 is 0 Å². The summed E-state index contributed by atoms with van der Waals surface area (Å²) >= 11 is 0. The molecule has 0 saturated heterocycles. The van der Waals surface area contributed by atoms with Crippen LogP contribution in [0.3, 0.4) is 0 Å². The molecule has 1 aliphatic rings. The third-order valence-corrected chi connectivity index (χ3v) is 6.59. The van der Waals surface area contributed by atoms with Crippen LogP contribution in [-0.2, 0) is 29.3 Å². The number of rotatable bonds is 14. The molecular formula is C34H48N2Ni. The van der Waals surface area contributed by atoms with Crippen molar-refractivity contribution in [3.05, 3.63) is 115 Å². The fourth-order valence-electron chi connectivity index (χ4n) is 4.56. The maximum absolute atomic E-state index is 11.4. The Morgan fingerprint density at radius 1 is 0.730 bits per heavy atom. The van der Waals surface area contributed by atoms with Crippen molar-refractivity contribution < 1.29 is 21.2 Å². The maximum Gasteiger partial charge on any atom is 2.00 e. The van der Waals surface area contributed by atoms with Crippen molar-refractivity contribution in [1.29, 1.82) is 0 Å². The first-order valence-electron chi connectivity index (χ1n) is 13.5. The van der Waals surface area contributed by atoms with Crippen molar-refractivity contribution in [1.82, 2.24) is 0 Å². The second-order valence-corrected chi connectivity index (χ2v) is 9.50. The minimum atomic E-state index is 0. The normalized spacial score (nSPS) is 12.7. The zero-order chi connectivity index (χ0) is 24.2. The number of unbranched alkanes of at least 4 members (excludes halogenated alkanes) is 6. The third-order valence-electron chi connectivity index (χ3n) is 6.59. The Bertz CT molecular complexity index is 1050. The van der Waals surface area contributed by atoms with E-state index in [0.717, 1.165) is 47.4 Å². The first-order chi connectivity index (χ1) is 16.7. The van der Waals surface area contributed by atoms with Gasteiger partial charge in [0.1, 0.15) is 0 Å². The topological polar surface area (TPSA) is 25.3 Å². The van der Waals surface area contributed by atoms with Gasteiger partial charge in [-0.2, -0.15) is 0 Å². The molecular weight excluding hydrogens is 495 g/mol. The first-order valence-corrected chi connectivity index (χ1v) is 13.5. The van der Waals surface area contributed by atoms with E-state index in [-0.39, 0.29) is 31.3 Å². The van der Waals surface area contributed by atoms with Gasteiger partial charge >= 0.3 is 16.5 Å². The second kappa shape index (κ2) is 18.9. The predicted molar refractivity (Wildman–Crippen MR) is 159 cm³/mol. The van der Waals surface area contributed by atoms with Crippen LogP contribution in [0.2, 0.25) is 0 Å². The number of nitrogens with zero attached hydrogens (tertiary/aromatic N) is 2. The number of hydrogen-bond acceptors (Lipinski definition) is 0. The van der Waals surface area contributed by atoms with Crippen LogP contribution in [0.4, 0.5) is 0 Å².